The van der Waals surface area contributed by atoms with Crippen molar-refractivity contribution in [2.75, 3.05) is 13.1 Å². The maximum atomic E-state index is 10.2. The summed E-state index contributed by atoms with van der Waals surface area (Å²) in [7, 11) is 0. The van der Waals surface area contributed by atoms with Crippen LogP contribution >= 0.6 is 0 Å². The van der Waals surface area contributed by atoms with Crippen molar-refractivity contribution < 1.29 is 4.79 Å². The molecule has 0 heterocycles. The lowest BCUT2D eigenvalue weighted by molar-refractivity contribution is 0.400. The Morgan fingerprint density at radius 2 is 2.40 bits per heavy atom. The van der Waals surface area contributed by atoms with E-state index in [1.54, 1.807) is 11.0 Å². The van der Waals surface area contributed by atoms with Crippen molar-refractivity contribution in [3.8, 4) is 0 Å². The molecule has 0 aliphatic rings. The molecule has 0 saturated carbocycles. The van der Waals surface area contributed by atoms with E-state index < -0.39 is 0 Å². The summed E-state index contributed by atoms with van der Waals surface area (Å²) in [6.45, 7) is 7.04. The van der Waals surface area contributed by atoms with Crippen LogP contribution in [0.1, 0.15) is 19.8 Å². The zero-order valence-corrected chi connectivity index (χ0v) is 6.47. The van der Waals surface area contributed by atoms with Gasteiger partial charge >= 0.3 is 6.41 Å². The van der Waals surface area contributed by atoms with Gasteiger partial charge in [-0.05, 0) is 6.42 Å². The van der Waals surface area contributed by atoms with Crippen molar-refractivity contribution in [2.24, 2.45) is 0 Å². The fourth-order valence-corrected chi connectivity index (χ4v) is 0.679. The van der Waals surface area contributed by atoms with E-state index in [9.17, 15) is 4.79 Å². The molecule has 0 aliphatic carbocycles. The summed E-state index contributed by atoms with van der Waals surface area (Å²) >= 11 is 0. The quantitative estimate of drug-likeness (QED) is 0.403. The number of amides is 1. The molecule has 0 aromatic heterocycles. The van der Waals surface area contributed by atoms with E-state index in [-0.39, 0.29) is 0 Å². The molecule has 0 bridgehead atoms. The van der Waals surface area contributed by atoms with Gasteiger partial charge in [-0.25, -0.2) is 0 Å². The Kier molecular flexibility index (Phi) is 5.83. The molecule has 0 rings (SSSR count). The predicted octanol–water partition coefficient (Wildman–Crippen LogP) is 1.34. The fourth-order valence-electron chi connectivity index (χ4n) is 0.679. The molecule has 0 atom stereocenters. The molecule has 2 heteroatoms. The number of rotatable bonds is 6. The zero-order chi connectivity index (χ0) is 7.82. The van der Waals surface area contributed by atoms with Gasteiger partial charge in [0.2, 0.25) is 0 Å². The van der Waals surface area contributed by atoms with Crippen LogP contribution in [0.5, 0.6) is 0 Å². The second-order valence-corrected chi connectivity index (χ2v) is 2.18. The van der Waals surface area contributed by atoms with Crippen LogP contribution in [-0.4, -0.2) is 24.4 Å². The minimum Gasteiger partial charge on any atom is -0.331 e. The standard InChI is InChI=1S/C8H14NO/c1-3-5-7-9(8-10)6-4-2/h4H,2-3,5-7H2,1H3. The third kappa shape index (κ3) is 4.13. The minimum atomic E-state index is 0.615. The number of hydrogen-bond donors (Lipinski definition) is 0. The molecule has 0 aromatic carbocycles. The Hall–Kier alpha value is -0.790. The van der Waals surface area contributed by atoms with Gasteiger partial charge < -0.3 is 4.90 Å². The van der Waals surface area contributed by atoms with Gasteiger partial charge in [0.25, 0.3) is 0 Å². The van der Waals surface area contributed by atoms with Crippen molar-refractivity contribution in [3.63, 3.8) is 0 Å². The Balaban J connectivity index is 3.38. The van der Waals surface area contributed by atoms with Crippen LogP contribution in [0.25, 0.3) is 0 Å². The molecule has 1 amide bonds. The summed E-state index contributed by atoms with van der Waals surface area (Å²) in [6, 6.07) is 0. The molecule has 0 unspecified atom stereocenters. The van der Waals surface area contributed by atoms with E-state index in [1.165, 1.54) is 0 Å². The Morgan fingerprint density at radius 1 is 1.70 bits per heavy atom. The Bertz CT molecular complexity index is 101. The van der Waals surface area contributed by atoms with Crippen LogP contribution in [-0.2, 0) is 4.79 Å². The van der Waals surface area contributed by atoms with E-state index in [0.717, 1.165) is 19.4 Å². The van der Waals surface area contributed by atoms with Gasteiger partial charge in [0.05, 0.1) is 0 Å². The van der Waals surface area contributed by atoms with Gasteiger partial charge in [-0.15, -0.1) is 6.58 Å². The zero-order valence-electron chi connectivity index (χ0n) is 6.47. The van der Waals surface area contributed by atoms with Gasteiger partial charge in [0.15, 0.2) is 0 Å². The third-order valence-electron chi connectivity index (χ3n) is 1.26. The molecular formula is C8H14NO. The minimum absolute atomic E-state index is 0.615. The van der Waals surface area contributed by atoms with Crippen LogP contribution in [0, 0.1) is 0 Å². The SMILES string of the molecule is C=CCN([C]=O)CCCC. The number of hydrogen-bond acceptors (Lipinski definition) is 1. The second kappa shape index (κ2) is 6.33. The molecule has 57 valence electrons. The molecule has 0 saturated heterocycles. The first-order valence-corrected chi connectivity index (χ1v) is 3.58. The summed E-state index contributed by atoms with van der Waals surface area (Å²) in [6.07, 6.45) is 5.71. The highest BCUT2D eigenvalue weighted by molar-refractivity contribution is 5.48. The predicted molar refractivity (Wildman–Crippen MR) is 42.4 cm³/mol. The molecule has 2 nitrogen and oxygen atoms in total. The van der Waals surface area contributed by atoms with E-state index in [2.05, 4.69) is 13.5 Å². The topological polar surface area (TPSA) is 20.3 Å². The average molecular weight is 140 g/mol. The van der Waals surface area contributed by atoms with Gasteiger partial charge in [-0.2, -0.15) is 0 Å². The molecule has 0 spiro atoms. The first kappa shape index (κ1) is 9.21. The van der Waals surface area contributed by atoms with E-state index >= 15 is 0 Å². The molecule has 1 radical (unpaired) electrons. The largest absolute Gasteiger partial charge is 0.331 e. The van der Waals surface area contributed by atoms with Gasteiger partial charge in [-0.1, -0.05) is 19.4 Å². The van der Waals surface area contributed by atoms with Crippen molar-refractivity contribution in [2.45, 2.75) is 19.8 Å². The van der Waals surface area contributed by atoms with Crippen molar-refractivity contribution in [1.29, 1.82) is 0 Å². The highest BCUT2D eigenvalue weighted by atomic mass is 16.1. The number of nitrogens with zero attached hydrogens (tertiary/aromatic N) is 1. The molecule has 0 aromatic rings. The first-order valence-electron chi connectivity index (χ1n) is 3.58. The smallest absolute Gasteiger partial charge is 0.312 e. The summed E-state index contributed by atoms with van der Waals surface area (Å²) in [5.41, 5.74) is 0. The Labute approximate surface area is 62.5 Å². The fraction of sp³-hybridized carbons (Fsp3) is 0.625. The molecule has 0 fully saturated rings. The highest BCUT2D eigenvalue weighted by Crippen LogP contribution is 1.90. The van der Waals surface area contributed by atoms with E-state index in [1.807, 2.05) is 6.41 Å². The maximum Gasteiger partial charge on any atom is 0.312 e. The lowest BCUT2D eigenvalue weighted by atomic mass is 10.3. The van der Waals surface area contributed by atoms with Crippen LogP contribution in [0.15, 0.2) is 12.7 Å². The molecular weight excluding hydrogens is 126 g/mol. The number of unbranched alkanes of at least 4 members (excludes halogenated alkanes) is 1. The van der Waals surface area contributed by atoms with E-state index in [4.69, 9.17) is 0 Å². The van der Waals surface area contributed by atoms with E-state index in [0.29, 0.717) is 6.54 Å². The molecule has 10 heavy (non-hydrogen) atoms. The molecule has 0 N–H and O–H groups in total. The van der Waals surface area contributed by atoms with Crippen LogP contribution in [0.4, 0.5) is 0 Å². The van der Waals surface area contributed by atoms with Crippen molar-refractivity contribution in [1.82, 2.24) is 4.90 Å². The number of carbonyl (C=O) groups excluding carboxylic acids is 1. The van der Waals surface area contributed by atoms with Gasteiger partial charge in [-0.3, -0.25) is 4.79 Å². The van der Waals surface area contributed by atoms with Crippen LogP contribution < -0.4 is 0 Å². The van der Waals surface area contributed by atoms with Crippen LogP contribution in [0.3, 0.4) is 0 Å². The highest BCUT2D eigenvalue weighted by Gasteiger charge is 1.96. The summed E-state index contributed by atoms with van der Waals surface area (Å²) in [5.74, 6) is 0. The summed E-state index contributed by atoms with van der Waals surface area (Å²) in [4.78, 5) is 11.7. The Morgan fingerprint density at radius 3 is 2.80 bits per heavy atom. The van der Waals surface area contributed by atoms with Crippen molar-refractivity contribution >= 4 is 6.41 Å². The summed E-state index contributed by atoms with van der Waals surface area (Å²) < 4.78 is 0. The lowest BCUT2D eigenvalue weighted by Gasteiger charge is -2.11. The van der Waals surface area contributed by atoms with Gasteiger partial charge in [0.1, 0.15) is 0 Å². The monoisotopic (exact) mass is 140 g/mol. The van der Waals surface area contributed by atoms with Crippen molar-refractivity contribution in [3.05, 3.63) is 12.7 Å². The average Bonchev–Trinajstić information content (AvgIpc) is 1.98. The lowest BCUT2D eigenvalue weighted by Crippen LogP contribution is -2.22. The third-order valence-corrected chi connectivity index (χ3v) is 1.26. The maximum absolute atomic E-state index is 10.2. The summed E-state index contributed by atoms with van der Waals surface area (Å²) in [5, 5.41) is 0. The molecule has 0 aliphatic heterocycles. The normalized spacial score (nSPS) is 8.90. The first-order chi connectivity index (χ1) is 4.85. The second-order valence-electron chi connectivity index (χ2n) is 2.18. The van der Waals surface area contributed by atoms with Crippen LogP contribution in [0.2, 0.25) is 0 Å². The van der Waals surface area contributed by atoms with Gasteiger partial charge in [0, 0.05) is 13.1 Å².